The average molecular weight is 466 g/mol. The summed E-state index contributed by atoms with van der Waals surface area (Å²) < 4.78 is 6.16. The van der Waals surface area contributed by atoms with Gasteiger partial charge in [0, 0.05) is 27.6 Å². The highest BCUT2D eigenvalue weighted by atomic mass is 32.1. The third-order valence-electron chi connectivity index (χ3n) is 4.55. The summed E-state index contributed by atoms with van der Waals surface area (Å²) in [6.45, 7) is 1.92. The summed E-state index contributed by atoms with van der Waals surface area (Å²) in [6.07, 6.45) is 4.39. The van der Waals surface area contributed by atoms with Crippen molar-refractivity contribution in [2.75, 3.05) is 11.9 Å². The maximum atomic E-state index is 13.0. The van der Waals surface area contributed by atoms with E-state index in [0.717, 1.165) is 16.0 Å². The minimum atomic E-state index is -0.409. The van der Waals surface area contributed by atoms with E-state index in [2.05, 4.69) is 10.3 Å². The molecule has 0 fully saturated rings. The van der Waals surface area contributed by atoms with Gasteiger partial charge in [-0.25, -0.2) is 9.78 Å². The van der Waals surface area contributed by atoms with Gasteiger partial charge < -0.3 is 10.1 Å². The topological polar surface area (TPSA) is 90.3 Å². The first-order valence-corrected chi connectivity index (χ1v) is 11.6. The molecule has 1 amide bonds. The molecule has 0 saturated carbocycles. The van der Waals surface area contributed by atoms with Crippen LogP contribution < -0.4 is 10.9 Å². The van der Waals surface area contributed by atoms with Crippen LogP contribution in [-0.4, -0.2) is 28.0 Å². The summed E-state index contributed by atoms with van der Waals surface area (Å²) in [5.41, 5.74) is 1.98. The number of nitrogens with zero attached hydrogens (tertiary/aromatic N) is 2. The van der Waals surface area contributed by atoms with E-state index in [1.54, 1.807) is 48.6 Å². The fourth-order valence-corrected chi connectivity index (χ4v) is 4.80. The second-order valence-corrected chi connectivity index (χ2v) is 8.55. The van der Waals surface area contributed by atoms with Crippen LogP contribution in [0.2, 0.25) is 0 Å². The molecule has 0 spiro atoms. The number of benzene rings is 1. The molecule has 0 atom stereocenters. The molecule has 1 aromatic carbocycles. The Morgan fingerprint density at radius 3 is 2.72 bits per heavy atom. The third-order valence-corrected chi connectivity index (χ3v) is 6.34. The Balaban J connectivity index is 1.46. The molecule has 0 unspecified atom stereocenters. The van der Waals surface area contributed by atoms with Crippen molar-refractivity contribution in [3.05, 3.63) is 75.5 Å². The lowest BCUT2D eigenvalue weighted by atomic mass is 10.2. The van der Waals surface area contributed by atoms with Crippen LogP contribution in [0.5, 0.6) is 0 Å². The molecule has 0 radical (unpaired) electrons. The van der Waals surface area contributed by atoms with Crippen LogP contribution in [0.25, 0.3) is 26.7 Å². The van der Waals surface area contributed by atoms with Gasteiger partial charge in [-0.1, -0.05) is 18.2 Å². The van der Waals surface area contributed by atoms with Crippen LogP contribution in [0.15, 0.2) is 64.4 Å². The molecule has 32 heavy (non-hydrogen) atoms. The summed E-state index contributed by atoms with van der Waals surface area (Å²) in [6, 6.07) is 10.9. The van der Waals surface area contributed by atoms with Crippen LogP contribution in [0.3, 0.4) is 0 Å². The number of ether oxygens (including phenoxy) is 1. The molecule has 162 valence electrons. The smallest absolute Gasteiger partial charge is 0.330 e. The summed E-state index contributed by atoms with van der Waals surface area (Å²) in [5, 5.41) is 7.19. The highest BCUT2D eigenvalue weighted by Gasteiger charge is 2.15. The number of esters is 1. The van der Waals surface area contributed by atoms with Crippen LogP contribution in [0.1, 0.15) is 12.5 Å². The van der Waals surface area contributed by atoms with E-state index in [-0.39, 0.29) is 18.0 Å². The maximum Gasteiger partial charge on any atom is 0.330 e. The highest BCUT2D eigenvalue weighted by Crippen LogP contribution is 2.33. The Morgan fingerprint density at radius 2 is 2.00 bits per heavy atom. The number of hydrogen-bond donors (Lipinski definition) is 1. The average Bonchev–Trinajstić information content (AvgIpc) is 3.45. The number of thiophene rings is 2. The molecule has 0 aliphatic rings. The predicted molar refractivity (Wildman–Crippen MR) is 128 cm³/mol. The van der Waals surface area contributed by atoms with E-state index in [1.807, 2.05) is 22.9 Å². The Labute approximate surface area is 191 Å². The minimum Gasteiger partial charge on any atom is -0.463 e. The van der Waals surface area contributed by atoms with Gasteiger partial charge in [0.05, 0.1) is 18.3 Å². The van der Waals surface area contributed by atoms with Gasteiger partial charge in [0.2, 0.25) is 5.91 Å². The second kappa shape index (κ2) is 9.71. The fraction of sp³-hybridized carbons (Fsp3) is 0.130. The first kappa shape index (κ1) is 21.7. The third kappa shape index (κ3) is 4.84. The Bertz CT molecular complexity index is 1340. The second-order valence-electron chi connectivity index (χ2n) is 6.74. The SMILES string of the molecule is CCOC(=O)/C=C/c1ccc(NC(=O)Cn2cnc3scc(-c4cccs4)c3c2=O)cc1. The standard InChI is InChI=1S/C23H19N3O4S2/c1-2-30-20(28)10-7-15-5-8-16(9-6-15)25-19(27)12-26-14-24-22-21(23(26)29)17(13-32-22)18-4-3-11-31-18/h3-11,13-14H,2,12H2,1H3,(H,25,27)/b10-7+. The number of anilines is 1. The van der Waals surface area contributed by atoms with Crippen LogP contribution >= 0.6 is 22.7 Å². The zero-order valence-electron chi connectivity index (χ0n) is 17.1. The molecule has 4 aromatic rings. The number of aromatic nitrogens is 2. The summed E-state index contributed by atoms with van der Waals surface area (Å²) in [4.78, 5) is 42.9. The predicted octanol–water partition coefficient (Wildman–Crippen LogP) is 4.40. The molecule has 0 aliphatic heterocycles. The van der Waals surface area contributed by atoms with Gasteiger partial charge in [-0.3, -0.25) is 14.2 Å². The van der Waals surface area contributed by atoms with Crippen molar-refractivity contribution < 1.29 is 14.3 Å². The quantitative estimate of drug-likeness (QED) is 0.323. The number of carbonyl (C=O) groups excluding carboxylic acids is 2. The van der Waals surface area contributed by atoms with Gasteiger partial charge >= 0.3 is 5.97 Å². The van der Waals surface area contributed by atoms with Crippen LogP contribution in [0, 0.1) is 0 Å². The zero-order valence-corrected chi connectivity index (χ0v) is 18.7. The molecule has 0 saturated heterocycles. The lowest BCUT2D eigenvalue weighted by Crippen LogP contribution is -2.27. The van der Waals surface area contributed by atoms with Crippen LogP contribution in [0.4, 0.5) is 5.69 Å². The van der Waals surface area contributed by atoms with E-state index in [4.69, 9.17) is 4.74 Å². The molecule has 7 nitrogen and oxygen atoms in total. The Morgan fingerprint density at radius 1 is 1.19 bits per heavy atom. The van der Waals surface area contributed by atoms with E-state index in [1.165, 1.54) is 28.3 Å². The number of nitrogens with one attached hydrogen (secondary N) is 1. The fourth-order valence-electron chi connectivity index (χ4n) is 3.08. The normalized spacial score (nSPS) is 11.2. The van der Waals surface area contributed by atoms with Gasteiger partial charge in [0.25, 0.3) is 5.56 Å². The van der Waals surface area contributed by atoms with Gasteiger partial charge in [-0.2, -0.15) is 0 Å². The summed E-state index contributed by atoms with van der Waals surface area (Å²) in [7, 11) is 0. The van der Waals surface area contributed by atoms with Crippen molar-refractivity contribution in [3.63, 3.8) is 0 Å². The highest BCUT2D eigenvalue weighted by molar-refractivity contribution is 7.18. The molecule has 4 rings (SSSR count). The summed E-state index contributed by atoms with van der Waals surface area (Å²) in [5.74, 6) is -0.746. The van der Waals surface area contributed by atoms with Gasteiger partial charge in [-0.05, 0) is 42.1 Å². The van der Waals surface area contributed by atoms with Gasteiger partial charge in [0.15, 0.2) is 0 Å². The molecule has 9 heteroatoms. The van der Waals surface area contributed by atoms with E-state index in [9.17, 15) is 14.4 Å². The van der Waals surface area contributed by atoms with Crippen molar-refractivity contribution in [1.29, 1.82) is 0 Å². The van der Waals surface area contributed by atoms with Crippen molar-refractivity contribution in [1.82, 2.24) is 9.55 Å². The molecule has 3 heterocycles. The van der Waals surface area contributed by atoms with Crippen molar-refractivity contribution >= 4 is 56.5 Å². The number of hydrogen-bond acceptors (Lipinski definition) is 7. The number of carbonyl (C=O) groups is 2. The largest absolute Gasteiger partial charge is 0.463 e. The van der Waals surface area contributed by atoms with E-state index >= 15 is 0 Å². The van der Waals surface area contributed by atoms with Gasteiger partial charge in [-0.15, -0.1) is 22.7 Å². The van der Waals surface area contributed by atoms with Crippen molar-refractivity contribution in [2.24, 2.45) is 0 Å². The first-order chi connectivity index (χ1) is 15.5. The molecular formula is C23H19N3O4S2. The van der Waals surface area contributed by atoms with E-state index < -0.39 is 5.97 Å². The molecule has 0 aliphatic carbocycles. The first-order valence-electron chi connectivity index (χ1n) is 9.80. The molecule has 1 N–H and O–H groups in total. The monoisotopic (exact) mass is 465 g/mol. The molecule has 0 bridgehead atoms. The van der Waals surface area contributed by atoms with Crippen molar-refractivity contribution in [2.45, 2.75) is 13.5 Å². The van der Waals surface area contributed by atoms with Crippen molar-refractivity contribution in [3.8, 4) is 10.4 Å². The Hall–Kier alpha value is -3.56. The molecular weight excluding hydrogens is 446 g/mol. The lowest BCUT2D eigenvalue weighted by molar-refractivity contribution is -0.137. The molecule has 3 aromatic heterocycles. The van der Waals surface area contributed by atoms with Gasteiger partial charge in [0.1, 0.15) is 11.4 Å². The van der Waals surface area contributed by atoms with Crippen LogP contribution in [-0.2, 0) is 20.9 Å². The number of rotatable bonds is 7. The number of fused-ring (bicyclic) bond motifs is 1. The summed E-state index contributed by atoms with van der Waals surface area (Å²) >= 11 is 2.97. The Kier molecular flexibility index (Phi) is 6.58. The zero-order chi connectivity index (χ0) is 22.5. The maximum absolute atomic E-state index is 13.0. The lowest BCUT2D eigenvalue weighted by Gasteiger charge is -2.08. The number of amides is 1. The van der Waals surface area contributed by atoms with E-state index in [0.29, 0.717) is 22.5 Å². The minimum absolute atomic E-state index is 0.147.